The van der Waals surface area contributed by atoms with E-state index >= 15 is 0 Å². The number of carbonyl (C=O) groups excluding carboxylic acids is 1. The van der Waals surface area contributed by atoms with E-state index in [0.717, 1.165) is 0 Å². The molecule has 0 fully saturated rings. The Labute approximate surface area is 171 Å². The second-order valence-electron chi connectivity index (χ2n) is 6.04. The van der Waals surface area contributed by atoms with Gasteiger partial charge in [0.15, 0.2) is 5.50 Å². The van der Waals surface area contributed by atoms with Crippen molar-refractivity contribution < 1.29 is 22.1 Å². The van der Waals surface area contributed by atoms with E-state index < -0.39 is 37.6 Å². The number of carbonyl (C=O) groups is 1. The lowest BCUT2D eigenvalue weighted by atomic mass is 9.65. The topological polar surface area (TPSA) is 95.7 Å². The number of nitrogens with two attached hydrogens (primary N) is 1. The molecule has 1 aliphatic rings. The van der Waals surface area contributed by atoms with Gasteiger partial charge in [-0.2, -0.15) is 8.42 Å². The monoisotopic (exact) mass is 409 g/mol. The first-order valence-corrected chi connectivity index (χ1v) is 9.64. The molecule has 0 amide bonds. The van der Waals surface area contributed by atoms with Gasteiger partial charge >= 0.3 is 10.1 Å². The van der Waals surface area contributed by atoms with Crippen LogP contribution < -0.4 is 5.73 Å². The van der Waals surface area contributed by atoms with Gasteiger partial charge in [0.25, 0.3) is 0 Å². The van der Waals surface area contributed by atoms with Crippen molar-refractivity contribution in [2.75, 3.05) is 0 Å². The van der Waals surface area contributed by atoms with Gasteiger partial charge in [-0.1, -0.05) is 60.1 Å². The molecule has 0 aliphatic carbocycles. The van der Waals surface area contributed by atoms with Crippen molar-refractivity contribution in [3.8, 4) is 0 Å². The van der Waals surface area contributed by atoms with Crippen molar-refractivity contribution in [2.45, 2.75) is 10.0 Å². The summed E-state index contributed by atoms with van der Waals surface area (Å²) >= 11 is 6.07. The fourth-order valence-corrected chi connectivity index (χ4v) is 3.80. The van der Waals surface area contributed by atoms with E-state index in [1.54, 1.807) is 30.3 Å². The zero-order chi connectivity index (χ0) is 20.7. The van der Waals surface area contributed by atoms with Crippen LogP contribution in [0.25, 0.3) is 0 Å². The van der Waals surface area contributed by atoms with Crippen molar-refractivity contribution in [3.05, 3.63) is 82.4 Å². The predicted molar refractivity (Wildman–Crippen MR) is 106 cm³/mol. The number of benzene rings is 2. The van der Waals surface area contributed by atoms with Gasteiger partial charge in [0.05, 0.1) is 20.2 Å². The second-order valence-corrected chi connectivity index (χ2v) is 8.19. The molecule has 6 nitrogen and oxygen atoms in total. The third kappa shape index (κ3) is 3.20. The summed E-state index contributed by atoms with van der Waals surface area (Å²) in [5.74, 6) is -2.52. The Kier molecular flexibility index (Phi) is 5.06. The minimum Gasteiger partial charge on any atom is -0.467 e. The highest BCUT2D eigenvalue weighted by Crippen LogP contribution is 2.40. The van der Waals surface area contributed by atoms with Gasteiger partial charge in [-0.05, 0) is 11.6 Å². The van der Waals surface area contributed by atoms with Gasteiger partial charge in [-0.3, -0.25) is 4.79 Å². The molecule has 11 heteroatoms. The number of Topliss-reactive ketones (excluding diaryl/α,β-unsaturated/α-hetero) is 1. The molecule has 0 bridgehead atoms. The molecule has 0 spiro atoms. The summed E-state index contributed by atoms with van der Waals surface area (Å²) in [6.45, 7) is 0. The summed E-state index contributed by atoms with van der Waals surface area (Å²) in [5.41, 5.74) is 3.62. The zero-order valence-electron chi connectivity index (χ0n) is 14.3. The lowest BCUT2D eigenvalue weighted by Gasteiger charge is -2.26. The van der Waals surface area contributed by atoms with Gasteiger partial charge < -0.3 is 14.7 Å². The van der Waals surface area contributed by atoms with Crippen LogP contribution in [0.4, 0.5) is 0 Å². The Morgan fingerprint density at radius 2 is 1.64 bits per heavy atom. The average molecular weight is 409 g/mol. The molecule has 2 aromatic rings. The normalized spacial score (nSPS) is 20.1. The molecule has 0 aromatic heterocycles. The average Bonchev–Trinajstić information content (AvgIpc) is 2.86. The van der Waals surface area contributed by atoms with Crippen molar-refractivity contribution in [3.63, 3.8) is 0 Å². The molecule has 0 unspecified atom stereocenters. The van der Waals surface area contributed by atoms with Gasteiger partial charge in [-0.25, -0.2) is 0 Å². The fourth-order valence-electron chi connectivity index (χ4n) is 2.59. The van der Waals surface area contributed by atoms with Crippen molar-refractivity contribution in [1.29, 1.82) is 0 Å². The first-order valence-electron chi connectivity index (χ1n) is 7.85. The zero-order valence-corrected chi connectivity index (χ0v) is 15.9. The smallest absolute Gasteiger partial charge is 0.302 e. The number of halogens is 1. The van der Waals surface area contributed by atoms with Crippen LogP contribution in [0.1, 0.15) is 11.1 Å². The number of ketones is 1. The summed E-state index contributed by atoms with van der Waals surface area (Å²) in [5, 5.41) is 0.117. The molecule has 0 saturated carbocycles. The van der Waals surface area contributed by atoms with Crippen LogP contribution in [0.5, 0.6) is 0 Å². The largest absolute Gasteiger partial charge is 0.467 e. The van der Waals surface area contributed by atoms with Crippen LogP contribution in [-0.4, -0.2) is 37.7 Å². The van der Waals surface area contributed by atoms with E-state index in [0.29, 0.717) is 0 Å². The lowest BCUT2D eigenvalue weighted by molar-refractivity contribution is -0.126. The fraction of sp³-hybridized carbons (Fsp3) is 0.118. The lowest BCUT2D eigenvalue weighted by Crippen LogP contribution is -2.40. The Hall–Kier alpha value is -2.32. The summed E-state index contributed by atoms with van der Waals surface area (Å²) < 4.78 is 33.0. The van der Waals surface area contributed by atoms with E-state index in [9.17, 15) is 13.2 Å². The van der Waals surface area contributed by atoms with E-state index in [2.05, 4.69) is 0 Å². The molecular formula is C17H11B3ClNO5S. The maximum absolute atomic E-state index is 12.8. The van der Waals surface area contributed by atoms with Gasteiger partial charge in [-0.15, -0.1) is 0 Å². The minimum atomic E-state index is -4.78. The highest BCUT2D eigenvalue weighted by atomic mass is 35.5. The Morgan fingerprint density at radius 1 is 1.07 bits per heavy atom. The molecule has 1 heterocycles. The van der Waals surface area contributed by atoms with Gasteiger partial charge in [0.1, 0.15) is 7.85 Å². The molecule has 0 saturated heterocycles. The van der Waals surface area contributed by atoms with Crippen molar-refractivity contribution >= 4 is 51.0 Å². The molecule has 1 aliphatic heterocycles. The van der Waals surface area contributed by atoms with E-state index in [-0.39, 0.29) is 16.1 Å². The first-order chi connectivity index (χ1) is 13.0. The molecule has 2 aromatic carbocycles. The number of hydrogen-bond acceptors (Lipinski definition) is 6. The third-order valence-corrected chi connectivity index (χ3v) is 5.92. The molecular weight excluding hydrogens is 398 g/mol. The second kappa shape index (κ2) is 6.94. The van der Waals surface area contributed by atoms with E-state index in [1.807, 2.05) is 0 Å². The summed E-state index contributed by atoms with van der Waals surface area (Å²) in [7, 11) is 12.8. The number of rotatable bonds is 5. The Balaban J connectivity index is 1.96. The van der Waals surface area contributed by atoms with Crippen molar-refractivity contribution in [1.82, 2.24) is 0 Å². The van der Waals surface area contributed by atoms with Crippen LogP contribution in [0.2, 0.25) is 5.02 Å². The quantitative estimate of drug-likeness (QED) is 0.582. The van der Waals surface area contributed by atoms with E-state index in [1.165, 1.54) is 24.3 Å². The number of ether oxygens (including phenoxy) is 1. The number of hydrogen-bond donors (Lipinski definition) is 1. The highest BCUT2D eigenvalue weighted by Gasteiger charge is 2.51. The molecule has 136 valence electrons. The van der Waals surface area contributed by atoms with Crippen LogP contribution in [0.3, 0.4) is 0 Å². The summed E-state index contributed by atoms with van der Waals surface area (Å²) in [6.07, 6.45) is 0. The van der Waals surface area contributed by atoms with Crippen LogP contribution in [0.15, 0.2) is 66.2 Å². The minimum absolute atomic E-state index is 0.0330. The Morgan fingerprint density at radius 3 is 2.25 bits per heavy atom. The SMILES string of the molecule is [B]C([B])(c1ccccc1)S(=O)(=O)OC1=C(N)O[C@@]([B])(c2ccccc2Cl)C1=O. The van der Waals surface area contributed by atoms with Gasteiger partial charge in [0.2, 0.25) is 17.4 Å². The maximum Gasteiger partial charge on any atom is 0.302 e. The Bertz CT molecular complexity index is 1080. The maximum atomic E-state index is 12.8. The van der Waals surface area contributed by atoms with Crippen molar-refractivity contribution in [2.24, 2.45) is 5.73 Å². The van der Waals surface area contributed by atoms with Crippen LogP contribution in [-0.2, 0) is 33.9 Å². The molecule has 1 atom stereocenters. The van der Waals surface area contributed by atoms with Crippen LogP contribution >= 0.6 is 11.6 Å². The van der Waals surface area contributed by atoms with Gasteiger partial charge in [0, 0.05) is 10.6 Å². The molecule has 3 rings (SSSR count). The predicted octanol–water partition coefficient (Wildman–Crippen LogP) is 0.882. The molecule has 28 heavy (non-hydrogen) atoms. The standard InChI is InChI=1S/C17H11B3ClNO5S/c18-16(11-8-4-5-9-12(11)21)14(23)13(15(22)26-16)27-28(24,25)17(19,20)10-6-2-1-3-7-10/h1-9H,22H2/t16-/m0/s1. The highest BCUT2D eigenvalue weighted by molar-refractivity contribution is 7.90. The molecule has 6 radical (unpaired) electrons. The van der Waals surface area contributed by atoms with Crippen LogP contribution in [0, 0.1) is 0 Å². The third-order valence-electron chi connectivity index (χ3n) is 4.14. The summed E-state index contributed by atoms with van der Waals surface area (Å²) in [4.78, 5) is 12.8. The first kappa shape index (κ1) is 20.4. The molecule has 2 N–H and O–H groups in total. The van der Waals surface area contributed by atoms with E-state index in [4.69, 9.17) is 49.8 Å². The summed E-state index contributed by atoms with van der Waals surface area (Å²) in [6, 6.07) is 13.6.